The maximum Gasteiger partial charge on any atom is 0.230 e. The first-order valence-corrected chi connectivity index (χ1v) is 12.0. The summed E-state index contributed by atoms with van der Waals surface area (Å²) >= 11 is 1.46. The highest BCUT2D eigenvalue weighted by molar-refractivity contribution is 7.12. The van der Waals surface area contributed by atoms with Gasteiger partial charge in [0.1, 0.15) is 5.82 Å². The van der Waals surface area contributed by atoms with Crippen molar-refractivity contribution in [1.29, 1.82) is 0 Å². The van der Waals surface area contributed by atoms with Crippen molar-refractivity contribution in [1.82, 2.24) is 14.8 Å². The summed E-state index contributed by atoms with van der Waals surface area (Å²) in [6.07, 6.45) is 0.182. The van der Waals surface area contributed by atoms with Gasteiger partial charge in [-0.3, -0.25) is 9.59 Å². The third kappa shape index (κ3) is 4.36. The first-order valence-electron chi connectivity index (χ1n) is 11.1. The molecular formula is C26H25N5O2S. The molecule has 0 spiro atoms. The van der Waals surface area contributed by atoms with Gasteiger partial charge >= 0.3 is 0 Å². The van der Waals surface area contributed by atoms with E-state index in [1.807, 2.05) is 61.7 Å². The molecule has 1 N–H and O–H groups in total. The number of nitrogens with zero attached hydrogens (tertiary/aromatic N) is 4. The number of aromatic nitrogens is 3. The van der Waals surface area contributed by atoms with E-state index in [9.17, 15) is 9.59 Å². The summed E-state index contributed by atoms with van der Waals surface area (Å²) in [7, 11) is 0. The van der Waals surface area contributed by atoms with Gasteiger partial charge in [0.05, 0.1) is 17.3 Å². The van der Waals surface area contributed by atoms with E-state index in [4.69, 9.17) is 4.98 Å². The number of hydrogen-bond acceptors (Lipinski definition) is 5. The predicted octanol–water partition coefficient (Wildman–Crippen LogP) is 4.91. The highest BCUT2D eigenvalue weighted by atomic mass is 32.1. The molecule has 2 aromatic heterocycles. The van der Waals surface area contributed by atoms with E-state index >= 15 is 0 Å². The van der Waals surface area contributed by atoms with Crippen molar-refractivity contribution < 1.29 is 9.59 Å². The minimum Gasteiger partial charge on any atom is -0.312 e. The number of anilines is 2. The molecule has 2 aromatic carbocycles. The molecule has 0 unspecified atom stereocenters. The molecule has 0 saturated carbocycles. The Labute approximate surface area is 202 Å². The van der Waals surface area contributed by atoms with Crippen LogP contribution in [0.4, 0.5) is 11.5 Å². The molecule has 0 radical (unpaired) electrons. The molecule has 7 nitrogen and oxygen atoms in total. The molecule has 1 fully saturated rings. The molecule has 1 atom stereocenters. The Morgan fingerprint density at radius 3 is 2.62 bits per heavy atom. The Kier molecular flexibility index (Phi) is 5.75. The summed E-state index contributed by atoms with van der Waals surface area (Å²) in [5, 5.41) is 10.2. The predicted molar refractivity (Wildman–Crippen MR) is 134 cm³/mol. The second-order valence-corrected chi connectivity index (χ2v) is 9.53. The van der Waals surface area contributed by atoms with Crippen molar-refractivity contribution in [3.8, 4) is 16.4 Å². The maximum absolute atomic E-state index is 13.1. The SMILES string of the molecule is Cc1ccc(-c2csc(-n3nc(C)cc3NC(=O)[C@H]3CC(=O)N(c4cccc(C)c4)C3)n2)cc1. The quantitative estimate of drug-likeness (QED) is 0.448. The van der Waals surface area contributed by atoms with Gasteiger partial charge in [0.25, 0.3) is 0 Å². The van der Waals surface area contributed by atoms with Crippen molar-refractivity contribution in [2.45, 2.75) is 27.2 Å². The number of hydrogen-bond donors (Lipinski definition) is 1. The average molecular weight is 472 g/mol. The van der Waals surface area contributed by atoms with Crippen LogP contribution in [0, 0.1) is 26.7 Å². The second-order valence-electron chi connectivity index (χ2n) is 8.70. The smallest absolute Gasteiger partial charge is 0.230 e. The number of aryl methyl sites for hydroxylation is 3. The third-order valence-electron chi connectivity index (χ3n) is 5.91. The lowest BCUT2D eigenvalue weighted by atomic mass is 10.1. The average Bonchev–Trinajstić information content (AvgIpc) is 3.53. The topological polar surface area (TPSA) is 80.1 Å². The maximum atomic E-state index is 13.1. The summed E-state index contributed by atoms with van der Waals surface area (Å²) in [6, 6.07) is 17.8. The summed E-state index contributed by atoms with van der Waals surface area (Å²) in [5.41, 5.74) is 5.76. The first kappa shape index (κ1) is 22.0. The number of carbonyl (C=O) groups is 2. The molecule has 1 aliphatic heterocycles. The lowest BCUT2D eigenvalue weighted by Gasteiger charge is -2.17. The third-order valence-corrected chi connectivity index (χ3v) is 6.73. The van der Waals surface area contributed by atoms with Gasteiger partial charge < -0.3 is 10.2 Å². The minimum absolute atomic E-state index is 0.0434. The highest BCUT2D eigenvalue weighted by Gasteiger charge is 2.35. The van der Waals surface area contributed by atoms with Crippen LogP contribution in [0.1, 0.15) is 23.2 Å². The summed E-state index contributed by atoms with van der Waals surface area (Å²) in [4.78, 5) is 32.2. The molecule has 4 aromatic rings. The van der Waals surface area contributed by atoms with E-state index in [1.165, 1.54) is 16.9 Å². The van der Waals surface area contributed by atoms with Crippen LogP contribution in [0.2, 0.25) is 0 Å². The number of rotatable bonds is 5. The van der Waals surface area contributed by atoms with E-state index in [2.05, 4.69) is 29.5 Å². The molecule has 34 heavy (non-hydrogen) atoms. The second kappa shape index (κ2) is 8.87. The Hall–Kier alpha value is -3.78. The molecule has 1 saturated heterocycles. The zero-order chi connectivity index (χ0) is 23.8. The molecule has 5 rings (SSSR count). The number of carbonyl (C=O) groups excluding carboxylic acids is 2. The summed E-state index contributed by atoms with van der Waals surface area (Å²) in [5.74, 6) is -0.122. The van der Waals surface area contributed by atoms with Gasteiger partial charge in [-0.05, 0) is 38.5 Å². The van der Waals surface area contributed by atoms with Crippen LogP contribution in [-0.4, -0.2) is 33.1 Å². The van der Waals surface area contributed by atoms with Crippen molar-refractivity contribution in [3.63, 3.8) is 0 Å². The van der Waals surface area contributed by atoms with Gasteiger partial charge in [-0.2, -0.15) is 9.78 Å². The normalized spacial score (nSPS) is 15.7. The standard InChI is InChI=1S/C26H25N5O2S/c1-16-7-9-19(10-8-16)22-15-34-26(27-22)31-23(12-18(3)29-31)28-25(33)20-13-24(32)30(14-20)21-6-4-5-17(2)11-21/h4-12,15,20H,13-14H2,1-3H3,(H,28,33)/t20-/m0/s1. The summed E-state index contributed by atoms with van der Waals surface area (Å²) in [6.45, 7) is 6.27. The molecule has 0 aliphatic carbocycles. The van der Waals surface area contributed by atoms with E-state index < -0.39 is 5.92 Å². The van der Waals surface area contributed by atoms with Crippen molar-refractivity contribution in [2.75, 3.05) is 16.8 Å². The van der Waals surface area contributed by atoms with Gasteiger partial charge in [0.15, 0.2) is 0 Å². The fourth-order valence-corrected chi connectivity index (χ4v) is 4.91. The van der Waals surface area contributed by atoms with Gasteiger partial charge in [0, 0.05) is 35.7 Å². The monoisotopic (exact) mass is 471 g/mol. The van der Waals surface area contributed by atoms with E-state index in [0.29, 0.717) is 17.5 Å². The molecule has 172 valence electrons. The van der Waals surface area contributed by atoms with Gasteiger partial charge in [-0.25, -0.2) is 4.98 Å². The first-order chi connectivity index (χ1) is 16.4. The van der Waals surface area contributed by atoms with Crippen LogP contribution in [0.3, 0.4) is 0 Å². The van der Waals surface area contributed by atoms with Crippen LogP contribution >= 0.6 is 11.3 Å². The number of thiazole rings is 1. The van der Waals surface area contributed by atoms with Crippen LogP contribution in [0.25, 0.3) is 16.4 Å². The Morgan fingerprint density at radius 1 is 1.06 bits per heavy atom. The molecule has 8 heteroatoms. The van der Waals surface area contributed by atoms with Crippen LogP contribution in [0.15, 0.2) is 60.0 Å². The lowest BCUT2D eigenvalue weighted by molar-refractivity contribution is -0.122. The van der Waals surface area contributed by atoms with Crippen molar-refractivity contribution in [3.05, 3.63) is 76.8 Å². The van der Waals surface area contributed by atoms with Crippen molar-refractivity contribution in [2.24, 2.45) is 5.92 Å². The Bertz CT molecular complexity index is 1370. The minimum atomic E-state index is -0.434. The fourth-order valence-electron chi connectivity index (χ4n) is 4.11. The Balaban J connectivity index is 1.34. The van der Waals surface area contributed by atoms with Gasteiger partial charge in [-0.1, -0.05) is 42.0 Å². The van der Waals surface area contributed by atoms with E-state index in [0.717, 1.165) is 28.2 Å². The lowest BCUT2D eigenvalue weighted by Crippen LogP contribution is -2.28. The van der Waals surface area contributed by atoms with Crippen molar-refractivity contribution >= 4 is 34.7 Å². The zero-order valence-electron chi connectivity index (χ0n) is 19.3. The van der Waals surface area contributed by atoms with Crippen LogP contribution in [-0.2, 0) is 9.59 Å². The Morgan fingerprint density at radius 2 is 1.85 bits per heavy atom. The summed E-state index contributed by atoms with van der Waals surface area (Å²) < 4.78 is 1.66. The van der Waals surface area contributed by atoms with Crippen LogP contribution in [0.5, 0.6) is 0 Å². The zero-order valence-corrected chi connectivity index (χ0v) is 20.1. The van der Waals surface area contributed by atoms with E-state index in [-0.39, 0.29) is 18.2 Å². The highest BCUT2D eigenvalue weighted by Crippen LogP contribution is 2.29. The number of benzene rings is 2. The number of amides is 2. The molecule has 3 heterocycles. The molecule has 0 bridgehead atoms. The van der Waals surface area contributed by atoms with Gasteiger partial charge in [-0.15, -0.1) is 11.3 Å². The number of nitrogens with one attached hydrogen (secondary N) is 1. The molecule has 1 aliphatic rings. The van der Waals surface area contributed by atoms with E-state index in [1.54, 1.807) is 9.58 Å². The molecule has 2 amide bonds. The largest absolute Gasteiger partial charge is 0.312 e. The van der Waals surface area contributed by atoms with Crippen LogP contribution < -0.4 is 10.2 Å². The molecular weight excluding hydrogens is 446 g/mol. The van der Waals surface area contributed by atoms with Gasteiger partial charge in [0.2, 0.25) is 16.9 Å². The fraction of sp³-hybridized carbons (Fsp3) is 0.231.